The van der Waals surface area contributed by atoms with Crippen molar-refractivity contribution >= 4 is 16.3 Å². The van der Waals surface area contributed by atoms with Crippen molar-refractivity contribution in [2.24, 2.45) is 0 Å². The number of allylic oxidation sites excluding steroid dienone is 1. The fraction of sp³-hybridized carbons (Fsp3) is 0.946. The van der Waals surface area contributed by atoms with E-state index in [4.69, 9.17) is 9.47 Å². The third-order valence-electron chi connectivity index (χ3n) is 14.1. The van der Waals surface area contributed by atoms with E-state index >= 15 is 0 Å². The Morgan fingerprint density at radius 1 is 0.565 bits per heavy atom. The topological polar surface area (TPSA) is 192 Å². The van der Waals surface area contributed by atoms with Crippen LogP contribution in [0.25, 0.3) is 0 Å². The maximum absolute atomic E-state index is 13.1. The molecule has 0 radical (unpaired) electrons. The van der Waals surface area contributed by atoms with E-state index in [0.717, 1.165) is 38.5 Å². The fourth-order valence-electron chi connectivity index (χ4n) is 9.58. The van der Waals surface area contributed by atoms with Gasteiger partial charge in [-0.15, -0.1) is 0 Å². The molecule has 0 aromatic carbocycles. The van der Waals surface area contributed by atoms with Gasteiger partial charge >= 0.3 is 10.4 Å². The predicted octanol–water partition coefficient (Wildman–Crippen LogP) is 13.5. The summed E-state index contributed by atoms with van der Waals surface area (Å²) < 4.78 is 47.8. The van der Waals surface area contributed by atoms with Crippen molar-refractivity contribution in [3.8, 4) is 0 Å². The van der Waals surface area contributed by atoms with E-state index in [0.29, 0.717) is 6.42 Å². The van der Waals surface area contributed by atoms with Crippen molar-refractivity contribution in [2.45, 2.75) is 326 Å². The second-order valence-corrected chi connectivity index (χ2v) is 21.6. The molecule has 13 heteroatoms. The summed E-state index contributed by atoms with van der Waals surface area (Å²) in [5, 5.41) is 45.0. The average molecular weight is 1000 g/mol. The molecule has 410 valence electrons. The minimum absolute atomic E-state index is 0.255. The fourth-order valence-corrected chi connectivity index (χ4v) is 10.1. The number of rotatable bonds is 51. The van der Waals surface area contributed by atoms with Crippen molar-refractivity contribution in [3.63, 3.8) is 0 Å². The Hall–Kier alpha value is -1.16. The Kier molecular flexibility index (Phi) is 44.5. The molecule has 0 aliphatic carbocycles. The number of nitrogens with one attached hydrogen (secondary N) is 1. The molecule has 1 rings (SSSR count). The van der Waals surface area contributed by atoms with Crippen LogP contribution in [0.5, 0.6) is 0 Å². The van der Waals surface area contributed by atoms with E-state index in [1.165, 1.54) is 218 Å². The molecule has 0 bridgehead atoms. The first-order valence-corrected chi connectivity index (χ1v) is 30.4. The molecule has 7 atom stereocenters. The van der Waals surface area contributed by atoms with Crippen LogP contribution >= 0.6 is 0 Å². The number of carbonyl (C=O) groups is 1. The zero-order valence-electron chi connectivity index (χ0n) is 44.4. The summed E-state index contributed by atoms with van der Waals surface area (Å²) >= 11 is 0. The summed E-state index contributed by atoms with van der Waals surface area (Å²) in [4.78, 5) is 13.1. The minimum Gasteiger partial charge on any atom is -0.394 e. The highest BCUT2D eigenvalue weighted by atomic mass is 32.3. The van der Waals surface area contributed by atoms with Gasteiger partial charge in [0.15, 0.2) is 6.29 Å². The molecule has 1 heterocycles. The Balaban J connectivity index is 2.36. The third kappa shape index (κ3) is 39.0. The molecule has 0 aromatic rings. The van der Waals surface area contributed by atoms with Gasteiger partial charge in [0, 0.05) is 6.42 Å². The summed E-state index contributed by atoms with van der Waals surface area (Å²) in [6.07, 6.45) is 46.8. The molecule has 1 amide bonds. The number of hydrogen-bond donors (Lipinski definition) is 6. The molecule has 1 aliphatic rings. The van der Waals surface area contributed by atoms with Crippen LogP contribution in [0.4, 0.5) is 0 Å². The van der Waals surface area contributed by atoms with Crippen LogP contribution in [0.2, 0.25) is 0 Å². The van der Waals surface area contributed by atoms with Crippen LogP contribution in [0.1, 0.15) is 284 Å². The molecule has 0 aromatic heterocycles. The number of aliphatic hydroxyl groups excluding tert-OH is 4. The summed E-state index contributed by atoms with van der Waals surface area (Å²) in [6, 6.07) is -0.940. The van der Waals surface area contributed by atoms with Crippen molar-refractivity contribution < 1.29 is 51.8 Å². The maximum atomic E-state index is 13.1. The van der Waals surface area contributed by atoms with Gasteiger partial charge in [-0.25, -0.2) is 4.18 Å². The summed E-state index contributed by atoms with van der Waals surface area (Å²) in [7, 11) is -5.09. The van der Waals surface area contributed by atoms with Gasteiger partial charge < -0.3 is 35.2 Å². The van der Waals surface area contributed by atoms with Crippen LogP contribution in [-0.4, -0.2) is 95.4 Å². The molecule has 69 heavy (non-hydrogen) atoms. The lowest BCUT2D eigenvalue weighted by Gasteiger charge is -2.41. The molecule has 1 saturated heterocycles. The summed E-state index contributed by atoms with van der Waals surface area (Å²) in [5.74, 6) is -0.255. The first kappa shape index (κ1) is 65.9. The number of aliphatic hydroxyl groups is 4. The summed E-state index contributed by atoms with van der Waals surface area (Å²) in [5.41, 5.74) is 0. The second kappa shape index (κ2) is 46.6. The number of amides is 1. The van der Waals surface area contributed by atoms with Gasteiger partial charge in [0.05, 0.1) is 25.4 Å². The number of ether oxygens (including phenoxy) is 2. The van der Waals surface area contributed by atoms with Gasteiger partial charge in [-0.2, -0.15) is 8.42 Å². The van der Waals surface area contributed by atoms with E-state index in [-0.39, 0.29) is 18.9 Å². The summed E-state index contributed by atoms with van der Waals surface area (Å²) in [6.45, 7) is 3.44. The lowest BCUT2D eigenvalue weighted by molar-refractivity contribution is -0.298. The molecule has 7 unspecified atom stereocenters. The van der Waals surface area contributed by atoms with E-state index < -0.39 is 59.9 Å². The van der Waals surface area contributed by atoms with Gasteiger partial charge in [0.1, 0.15) is 24.4 Å². The van der Waals surface area contributed by atoms with Gasteiger partial charge in [-0.3, -0.25) is 9.35 Å². The van der Waals surface area contributed by atoms with E-state index in [9.17, 15) is 38.2 Å². The largest absolute Gasteiger partial charge is 0.397 e. The third-order valence-corrected chi connectivity index (χ3v) is 14.5. The molecule has 6 N–H and O–H groups in total. The van der Waals surface area contributed by atoms with Crippen molar-refractivity contribution in [1.29, 1.82) is 0 Å². The number of unbranched alkanes of at least 4 members (excludes halogenated alkanes) is 39. The highest BCUT2D eigenvalue weighted by Crippen LogP contribution is 2.26. The Bertz CT molecular complexity index is 1270. The van der Waals surface area contributed by atoms with Crippen LogP contribution in [0.15, 0.2) is 12.2 Å². The van der Waals surface area contributed by atoms with Gasteiger partial charge in [-0.1, -0.05) is 270 Å². The number of carbonyl (C=O) groups excluding carboxylic acids is 1. The first-order chi connectivity index (χ1) is 33.5. The van der Waals surface area contributed by atoms with E-state index in [1.54, 1.807) is 6.08 Å². The quantitative estimate of drug-likeness (QED) is 0.0193. The van der Waals surface area contributed by atoms with E-state index in [2.05, 4.69) is 23.3 Å². The van der Waals surface area contributed by atoms with Gasteiger partial charge in [0.2, 0.25) is 5.91 Å². The minimum atomic E-state index is -5.09. The van der Waals surface area contributed by atoms with E-state index in [1.807, 2.05) is 6.08 Å². The normalized spacial score (nSPS) is 19.7. The van der Waals surface area contributed by atoms with Crippen LogP contribution in [0.3, 0.4) is 0 Å². The van der Waals surface area contributed by atoms with Crippen LogP contribution in [-0.2, 0) is 28.9 Å². The predicted molar refractivity (Wildman–Crippen MR) is 282 cm³/mol. The molecule has 0 spiro atoms. The first-order valence-electron chi connectivity index (χ1n) is 29.1. The highest BCUT2D eigenvalue weighted by Gasteiger charge is 2.48. The van der Waals surface area contributed by atoms with Crippen molar-refractivity contribution in [2.75, 3.05) is 13.2 Å². The highest BCUT2D eigenvalue weighted by molar-refractivity contribution is 7.80. The Labute approximate surface area is 423 Å². The Morgan fingerprint density at radius 3 is 1.26 bits per heavy atom. The van der Waals surface area contributed by atoms with Gasteiger partial charge in [0.25, 0.3) is 0 Å². The Morgan fingerprint density at radius 2 is 0.913 bits per heavy atom. The van der Waals surface area contributed by atoms with Gasteiger partial charge in [-0.05, 0) is 19.3 Å². The second-order valence-electron chi connectivity index (χ2n) is 20.6. The molecule has 1 aliphatic heterocycles. The lowest BCUT2D eigenvalue weighted by atomic mass is 9.99. The molecule has 0 saturated carbocycles. The van der Waals surface area contributed by atoms with Crippen molar-refractivity contribution in [3.05, 3.63) is 12.2 Å². The van der Waals surface area contributed by atoms with Crippen molar-refractivity contribution in [1.82, 2.24) is 5.32 Å². The monoisotopic (exact) mass is 1000 g/mol. The van der Waals surface area contributed by atoms with Crippen LogP contribution < -0.4 is 5.32 Å². The number of hydrogen-bond acceptors (Lipinski definition) is 10. The average Bonchev–Trinajstić information content (AvgIpc) is 3.32. The standard InChI is InChI=1S/C56H109NO11S/c1-3-5-7-9-11-13-15-17-19-21-23-24-25-26-28-30-32-34-36-38-40-42-44-46-52(60)57-49(48-66-56-54(62)55(68-69(63,64)65)53(61)51(47-58)67-56)50(59)45-43-41-39-37-35-33-31-29-27-22-20-18-16-14-12-10-8-6-4-2/h43,45,49-51,53-56,58-59,61-62H,3-42,44,46-48H2,1-2H3,(H,57,60)(H,63,64,65)/b45-43+. The molecular formula is C56H109NO11S. The lowest BCUT2D eigenvalue weighted by Crippen LogP contribution is -2.61. The maximum Gasteiger partial charge on any atom is 0.397 e. The zero-order valence-corrected chi connectivity index (χ0v) is 45.2. The SMILES string of the molecule is CCCCCCCCCCCCCCCCCCC/C=C/C(O)C(COC1OC(CO)C(O)C(OS(=O)(=O)O)C1O)NC(=O)CCCCCCCCCCCCCCCCCCCCCCCCC. The molecular weight excluding hydrogens is 895 g/mol. The molecule has 12 nitrogen and oxygen atoms in total. The molecule has 1 fully saturated rings. The van der Waals surface area contributed by atoms with Crippen LogP contribution in [0, 0.1) is 0 Å². The zero-order chi connectivity index (χ0) is 50.5. The smallest absolute Gasteiger partial charge is 0.394 e.